The van der Waals surface area contributed by atoms with E-state index in [0.717, 1.165) is 11.3 Å². The smallest absolute Gasteiger partial charge is 0.225 e. The molecule has 3 heteroatoms. The molecule has 0 bridgehead atoms. The second-order valence-electron chi connectivity index (χ2n) is 6.91. The predicted molar refractivity (Wildman–Crippen MR) is 91.7 cm³/mol. The molecule has 1 atom stereocenters. The van der Waals surface area contributed by atoms with Gasteiger partial charge >= 0.3 is 0 Å². The number of rotatable bonds is 1. The summed E-state index contributed by atoms with van der Waals surface area (Å²) in [6.07, 6.45) is 0.474. The highest BCUT2D eigenvalue weighted by Crippen LogP contribution is 2.39. The lowest BCUT2D eigenvalue weighted by Gasteiger charge is -2.29. The molecule has 2 aromatic carbocycles. The fourth-order valence-corrected chi connectivity index (χ4v) is 3.05. The van der Waals surface area contributed by atoms with Crippen LogP contribution in [0.15, 0.2) is 42.5 Å². The van der Waals surface area contributed by atoms with Gasteiger partial charge in [-0.3, -0.25) is 4.79 Å². The summed E-state index contributed by atoms with van der Waals surface area (Å²) < 4.78 is 0. The SMILES string of the molecule is CC(C)(C)c1ccc2c(c1)C(c1ccc(Cl)cc1)CC(=O)N2. The number of hydrogen-bond donors (Lipinski definition) is 1. The Kier molecular flexibility index (Phi) is 3.73. The van der Waals surface area contributed by atoms with Crippen LogP contribution in [0.5, 0.6) is 0 Å². The molecular formula is C19H20ClNO. The van der Waals surface area contributed by atoms with Crippen molar-refractivity contribution in [3.63, 3.8) is 0 Å². The highest BCUT2D eigenvalue weighted by molar-refractivity contribution is 6.30. The summed E-state index contributed by atoms with van der Waals surface area (Å²) in [7, 11) is 0. The van der Waals surface area contributed by atoms with Crippen LogP contribution in [-0.4, -0.2) is 5.91 Å². The van der Waals surface area contributed by atoms with Gasteiger partial charge in [0, 0.05) is 23.0 Å². The van der Waals surface area contributed by atoms with Gasteiger partial charge in [-0.05, 0) is 40.3 Å². The molecule has 0 aliphatic carbocycles. The summed E-state index contributed by atoms with van der Waals surface area (Å²) in [5.41, 5.74) is 4.60. The van der Waals surface area contributed by atoms with Gasteiger partial charge in [0.05, 0.1) is 0 Å². The van der Waals surface area contributed by atoms with E-state index in [1.54, 1.807) is 0 Å². The first-order valence-corrected chi connectivity index (χ1v) is 7.92. The Labute approximate surface area is 136 Å². The Morgan fingerprint density at radius 1 is 1.09 bits per heavy atom. The van der Waals surface area contributed by atoms with Gasteiger partial charge in [-0.2, -0.15) is 0 Å². The van der Waals surface area contributed by atoms with Crippen molar-refractivity contribution in [1.29, 1.82) is 0 Å². The van der Waals surface area contributed by atoms with Crippen LogP contribution < -0.4 is 5.32 Å². The number of amides is 1. The molecule has 114 valence electrons. The molecule has 1 aliphatic rings. The summed E-state index contributed by atoms with van der Waals surface area (Å²) in [4.78, 5) is 12.0. The Morgan fingerprint density at radius 2 is 1.77 bits per heavy atom. The largest absolute Gasteiger partial charge is 0.326 e. The molecule has 1 heterocycles. The third kappa shape index (κ3) is 2.89. The fourth-order valence-electron chi connectivity index (χ4n) is 2.92. The Hall–Kier alpha value is -1.80. The molecule has 0 aromatic heterocycles. The van der Waals surface area contributed by atoms with Crippen LogP contribution in [0.4, 0.5) is 5.69 Å². The number of halogens is 1. The fraction of sp³-hybridized carbons (Fsp3) is 0.316. The summed E-state index contributed by atoms with van der Waals surface area (Å²) >= 11 is 5.99. The van der Waals surface area contributed by atoms with E-state index in [9.17, 15) is 4.79 Å². The van der Waals surface area contributed by atoms with Crippen LogP contribution in [0, 0.1) is 0 Å². The molecule has 1 aliphatic heterocycles. The average Bonchev–Trinajstić information content (AvgIpc) is 2.45. The topological polar surface area (TPSA) is 29.1 Å². The van der Waals surface area contributed by atoms with E-state index in [0.29, 0.717) is 11.4 Å². The van der Waals surface area contributed by atoms with Gasteiger partial charge in [-0.1, -0.05) is 56.6 Å². The van der Waals surface area contributed by atoms with Gasteiger partial charge in [0.25, 0.3) is 0 Å². The van der Waals surface area contributed by atoms with E-state index in [1.807, 2.05) is 30.3 Å². The number of fused-ring (bicyclic) bond motifs is 1. The predicted octanol–water partition coefficient (Wildman–Crippen LogP) is 5.11. The van der Waals surface area contributed by atoms with E-state index < -0.39 is 0 Å². The molecular weight excluding hydrogens is 294 g/mol. The first-order valence-electron chi connectivity index (χ1n) is 7.54. The second kappa shape index (κ2) is 5.44. The van der Waals surface area contributed by atoms with Crippen molar-refractivity contribution in [3.8, 4) is 0 Å². The van der Waals surface area contributed by atoms with Crippen molar-refractivity contribution in [2.75, 3.05) is 5.32 Å². The zero-order chi connectivity index (χ0) is 15.9. The van der Waals surface area contributed by atoms with Crippen LogP contribution in [0.2, 0.25) is 5.02 Å². The first kappa shape index (κ1) is 15.1. The number of anilines is 1. The third-order valence-electron chi connectivity index (χ3n) is 4.23. The Bertz CT molecular complexity index is 713. The number of hydrogen-bond acceptors (Lipinski definition) is 1. The second-order valence-corrected chi connectivity index (χ2v) is 7.34. The molecule has 0 saturated carbocycles. The standard InChI is InChI=1S/C19H20ClNO/c1-19(2,3)13-6-9-17-16(10-13)15(11-18(22)21-17)12-4-7-14(20)8-5-12/h4-10,15H,11H2,1-3H3,(H,21,22). The van der Waals surface area contributed by atoms with Crippen molar-refractivity contribution in [2.24, 2.45) is 0 Å². The summed E-state index contributed by atoms with van der Waals surface area (Å²) in [6, 6.07) is 14.2. The first-order chi connectivity index (χ1) is 10.3. The molecule has 1 N–H and O–H groups in total. The molecule has 1 unspecified atom stereocenters. The van der Waals surface area contributed by atoms with Crippen molar-refractivity contribution in [1.82, 2.24) is 0 Å². The van der Waals surface area contributed by atoms with Gasteiger partial charge < -0.3 is 5.32 Å². The Morgan fingerprint density at radius 3 is 2.41 bits per heavy atom. The number of benzene rings is 2. The zero-order valence-electron chi connectivity index (χ0n) is 13.1. The minimum Gasteiger partial charge on any atom is -0.326 e. The highest BCUT2D eigenvalue weighted by Gasteiger charge is 2.28. The molecule has 0 spiro atoms. The van der Waals surface area contributed by atoms with Crippen molar-refractivity contribution < 1.29 is 4.79 Å². The number of nitrogens with one attached hydrogen (secondary N) is 1. The van der Waals surface area contributed by atoms with Gasteiger partial charge in [-0.25, -0.2) is 0 Å². The lowest BCUT2D eigenvalue weighted by molar-refractivity contribution is -0.116. The Balaban J connectivity index is 2.10. The average molecular weight is 314 g/mol. The maximum atomic E-state index is 12.0. The molecule has 0 fully saturated rings. The van der Waals surface area contributed by atoms with Crippen LogP contribution in [0.1, 0.15) is 49.8 Å². The molecule has 0 radical (unpaired) electrons. The van der Waals surface area contributed by atoms with Gasteiger partial charge in [0.1, 0.15) is 0 Å². The van der Waals surface area contributed by atoms with Crippen molar-refractivity contribution in [3.05, 3.63) is 64.2 Å². The number of carbonyl (C=O) groups excluding carboxylic acids is 1. The van der Waals surface area contributed by atoms with Crippen LogP contribution in [-0.2, 0) is 10.2 Å². The minimum atomic E-state index is 0.0657. The summed E-state index contributed by atoms with van der Waals surface area (Å²) in [5, 5.41) is 3.70. The summed E-state index contributed by atoms with van der Waals surface area (Å²) in [5.74, 6) is 0.152. The van der Waals surface area contributed by atoms with Gasteiger partial charge in [0.2, 0.25) is 5.91 Å². The maximum absolute atomic E-state index is 12.0. The lowest BCUT2D eigenvalue weighted by Crippen LogP contribution is -2.24. The number of carbonyl (C=O) groups is 1. The monoisotopic (exact) mass is 313 g/mol. The van der Waals surface area contributed by atoms with E-state index in [4.69, 9.17) is 11.6 Å². The molecule has 0 saturated heterocycles. The highest BCUT2D eigenvalue weighted by atomic mass is 35.5. The molecule has 2 nitrogen and oxygen atoms in total. The molecule has 2 aromatic rings. The van der Waals surface area contributed by atoms with E-state index in [1.165, 1.54) is 11.1 Å². The van der Waals surface area contributed by atoms with Crippen molar-refractivity contribution >= 4 is 23.2 Å². The zero-order valence-corrected chi connectivity index (χ0v) is 13.9. The van der Waals surface area contributed by atoms with Crippen molar-refractivity contribution in [2.45, 2.75) is 38.5 Å². The van der Waals surface area contributed by atoms with E-state index >= 15 is 0 Å². The molecule has 3 rings (SSSR count). The van der Waals surface area contributed by atoms with E-state index in [2.05, 4.69) is 38.2 Å². The quantitative estimate of drug-likeness (QED) is 0.778. The third-order valence-corrected chi connectivity index (χ3v) is 4.48. The molecule has 22 heavy (non-hydrogen) atoms. The lowest BCUT2D eigenvalue weighted by atomic mass is 9.80. The van der Waals surface area contributed by atoms with E-state index in [-0.39, 0.29) is 17.2 Å². The van der Waals surface area contributed by atoms with Crippen LogP contribution >= 0.6 is 11.6 Å². The maximum Gasteiger partial charge on any atom is 0.225 e. The molecule has 1 amide bonds. The van der Waals surface area contributed by atoms with Gasteiger partial charge in [0.15, 0.2) is 0 Å². The summed E-state index contributed by atoms with van der Waals surface area (Å²) in [6.45, 7) is 6.61. The van der Waals surface area contributed by atoms with Crippen LogP contribution in [0.3, 0.4) is 0 Å². The van der Waals surface area contributed by atoms with Crippen LogP contribution in [0.25, 0.3) is 0 Å². The van der Waals surface area contributed by atoms with Gasteiger partial charge in [-0.15, -0.1) is 0 Å². The minimum absolute atomic E-state index is 0.0657. The normalized spacial score (nSPS) is 17.8.